The van der Waals surface area contributed by atoms with E-state index < -0.39 is 47.9 Å². The summed E-state index contributed by atoms with van der Waals surface area (Å²) in [5, 5.41) is 2.11. The van der Waals surface area contributed by atoms with E-state index in [0.29, 0.717) is 10.6 Å². The van der Waals surface area contributed by atoms with Gasteiger partial charge in [-0.2, -0.15) is 5.01 Å². The second-order valence-corrected chi connectivity index (χ2v) is 11.9. The topological polar surface area (TPSA) is 101 Å². The van der Waals surface area contributed by atoms with Crippen molar-refractivity contribution in [2.75, 3.05) is 6.54 Å². The van der Waals surface area contributed by atoms with E-state index in [-0.39, 0.29) is 33.7 Å². The maximum absolute atomic E-state index is 13.8. The lowest BCUT2D eigenvalue weighted by atomic mass is 9.81. The fourth-order valence-corrected chi connectivity index (χ4v) is 6.95. The van der Waals surface area contributed by atoms with Gasteiger partial charge in [0.05, 0.1) is 28.0 Å². The lowest BCUT2D eigenvalue weighted by molar-refractivity contribution is -0.155. The van der Waals surface area contributed by atoms with Gasteiger partial charge in [0.2, 0.25) is 0 Å². The van der Waals surface area contributed by atoms with Crippen molar-refractivity contribution in [3.05, 3.63) is 99.0 Å². The summed E-state index contributed by atoms with van der Waals surface area (Å²) < 4.78 is 5.42. The van der Waals surface area contributed by atoms with E-state index in [1.807, 2.05) is 6.92 Å². The molecule has 3 amide bonds. The first-order valence-electron chi connectivity index (χ1n) is 13.7. The van der Waals surface area contributed by atoms with Crippen LogP contribution < -0.4 is 4.74 Å². The lowest BCUT2D eigenvalue weighted by Gasteiger charge is -2.31. The average Bonchev–Trinajstić information content (AvgIpc) is 3.66. The molecule has 0 N–H and O–H groups in total. The van der Waals surface area contributed by atoms with Gasteiger partial charge in [-0.05, 0) is 92.6 Å². The predicted octanol–water partition coefficient (Wildman–Crippen LogP) is 5.79. The van der Waals surface area contributed by atoms with Crippen LogP contribution in [-0.4, -0.2) is 46.0 Å². The summed E-state index contributed by atoms with van der Waals surface area (Å²) in [5.74, 6) is -3.28. The summed E-state index contributed by atoms with van der Waals surface area (Å²) in [6.07, 6.45) is 2.57. The van der Waals surface area contributed by atoms with Gasteiger partial charge in [-0.25, -0.2) is 9.80 Å². The van der Waals surface area contributed by atoms with Gasteiger partial charge in [-0.1, -0.05) is 40.9 Å². The van der Waals surface area contributed by atoms with Crippen LogP contribution in [0.25, 0.3) is 0 Å². The number of fused-ring (bicyclic) bond motifs is 5. The highest BCUT2D eigenvalue weighted by molar-refractivity contribution is 6.36. The molecule has 3 aromatic rings. The number of carbonyl (C=O) groups excluding carboxylic acids is 5. The molecule has 3 fully saturated rings. The van der Waals surface area contributed by atoms with Crippen molar-refractivity contribution in [2.24, 2.45) is 23.7 Å². The van der Waals surface area contributed by atoms with E-state index in [0.717, 1.165) is 34.8 Å². The second-order valence-electron chi connectivity index (χ2n) is 11.1. The van der Waals surface area contributed by atoms with Crippen molar-refractivity contribution in [1.29, 1.82) is 0 Å². The van der Waals surface area contributed by atoms with Crippen LogP contribution in [0.4, 0.5) is 0 Å². The Hall–Kier alpha value is -4.01. The number of nitrogens with zero attached hydrogens (tertiary/aromatic N) is 2. The SMILES string of the molecule is Cc1ccc(C(=O)Oc2ccc(C(=O)CN(C(=O)c3ccc(Cl)cc3Cl)N3C(=O)[C@H]4[C@H]5CC[C@@H](C5)[C@@H]4C3=O)cc2)cc1. The maximum atomic E-state index is 13.8. The van der Waals surface area contributed by atoms with Crippen molar-refractivity contribution in [3.63, 3.8) is 0 Å². The number of hydrogen-bond acceptors (Lipinski definition) is 6. The Morgan fingerprint density at radius 1 is 0.857 bits per heavy atom. The highest BCUT2D eigenvalue weighted by atomic mass is 35.5. The minimum atomic E-state index is -0.761. The summed E-state index contributed by atoms with van der Waals surface area (Å²) in [7, 11) is 0. The maximum Gasteiger partial charge on any atom is 0.343 e. The number of Topliss-reactive ketones (excluding diaryl/α,β-unsaturated/α-hetero) is 1. The summed E-state index contributed by atoms with van der Waals surface area (Å²) in [5.41, 5.74) is 1.60. The van der Waals surface area contributed by atoms with Gasteiger partial charge in [0, 0.05) is 10.6 Å². The van der Waals surface area contributed by atoms with Gasteiger partial charge in [-0.3, -0.25) is 19.2 Å². The third-order valence-electron chi connectivity index (χ3n) is 8.51. The molecule has 2 aliphatic carbocycles. The van der Waals surface area contributed by atoms with Gasteiger partial charge in [0.1, 0.15) is 12.3 Å². The van der Waals surface area contributed by atoms with Gasteiger partial charge in [-0.15, -0.1) is 0 Å². The molecule has 8 nitrogen and oxygen atoms in total. The normalized spacial score (nSPS) is 22.3. The molecule has 0 radical (unpaired) electrons. The number of aryl methyl sites for hydroxylation is 1. The Bertz CT molecular complexity index is 1590. The molecule has 1 aliphatic heterocycles. The highest BCUT2D eigenvalue weighted by Crippen LogP contribution is 2.56. The first-order chi connectivity index (χ1) is 20.1. The smallest absolute Gasteiger partial charge is 0.343 e. The monoisotopic (exact) mass is 604 g/mol. The second kappa shape index (κ2) is 11.0. The van der Waals surface area contributed by atoms with E-state index >= 15 is 0 Å². The summed E-state index contributed by atoms with van der Waals surface area (Å²) in [6, 6.07) is 17.0. The standard InChI is InChI=1S/C32H26Cl2N2O6/c1-17-2-4-19(5-3-17)32(41)42-23-11-8-18(9-12-23)26(37)16-35(29(38)24-13-10-22(33)15-25(24)34)36-30(39)27-20-6-7-21(14-20)28(27)31(36)40/h2-5,8-13,15,20-21,27-28H,6-7,14,16H2,1H3/t20-,21-,27-,28-/m0/s1. The third kappa shape index (κ3) is 4.99. The molecule has 0 aromatic heterocycles. The van der Waals surface area contributed by atoms with E-state index in [1.54, 1.807) is 24.3 Å². The van der Waals surface area contributed by atoms with Crippen molar-refractivity contribution in [1.82, 2.24) is 10.0 Å². The third-order valence-corrected chi connectivity index (χ3v) is 9.06. The molecule has 10 heteroatoms. The molecular weight excluding hydrogens is 579 g/mol. The summed E-state index contributed by atoms with van der Waals surface area (Å²) in [6.45, 7) is 1.33. The van der Waals surface area contributed by atoms with Crippen molar-refractivity contribution in [2.45, 2.75) is 26.2 Å². The number of carbonyl (C=O) groups is 5. The quantitative estimate of drug-likeness (QED) is 0.146. The van der Waals surface area contributed by atoms with Crippen LogP contribution in [-0.2, 0) is 9.59 Å². The van der Waals surface area contributed by atoms with Gasteiger partial charge < -0.3 is 4.74 Å². The molecule has 3 aliphatic rings. The number of halogens is 2. The number of ether oxygens (including phenoxy) is 1. The number of hydrogen-bond donors (Lipinski definition) is 0. The zero-order valence-corrected chi connectivity index (χ0v) is 24.1. The van der Waals surface area contributed by atoms with Crippen LogP contribution in [0.2, 0.25) is 10.0 Å². The molecule has 2 saturated carbocycles. The number of esters is 1. The number of ketones is 1. The van der Waals surface area contributed by atoms with Crippen molar-refractivity contribution >= 4 is 52.7 Å². The van der Waals surface area contributed by atoms with Crippen LogP contribution in [0.15, 0.2) is 66.7 Å². The Balaban J connectivity index is 1.25. The Labute approximate surface area is 252 Å². The first kappa shape index (κ1) is 28.1. The van der Waals surface area contributed by atoms with Gasteiger partial charge in [0.25, 0.3) is 17.7 Å². The van der Waals surface area contributed by atoms with Crippen LogP contribution in [0.3, 0.4) is 0 Å². The molecule has 214 valence electrons. The van der Waals surface area contributed by atoms with Crippen molar-refractivity contribution < 1.29 is 28.7 Å². The van der Waals surface area contributed by atoms with Crippen LogP contribution in [0.1, 0.15) is 55.9 Å². The van der Waals surface area contributed by atoms with E-state index in [1.165, 1.54) is 42.5 Å². The molecule has 6 rings (SSSR count). The number of imide groups is 1. The van der Waals surface area contributed by atoms with Gasteiger partial charge >= 0.3 is 5.97 Å². The molecule has 3 aromatic carbocycles. The lowest BCUT2D eigenvalue weighted by Crippen LogP contribution is -2.52. The van der Waals surface area contributed by atoms with Crippen LogP contribution in [0, 0.1) is 30.6 Å². The van der Waals surface area contributed by atoms with E-state index in [2.05, 4.69) is 0 Å². The number of amides is 3. The molecule has 2 bridgehead atoms. The predicted molar refractivity (Wildman–Crippen MR) is 154 cm³/mol. The molecule has 0 unspecified atom stereocenters. The zero-order valence-electron chi connectivity index (χ0n) is 22.6. The van der Waals surface area contributed by atoms with Crippen molar-refractivity contribution in [3.8, 4) is 5.75 Å². The fraction of sp³-hybridized carbons (Fsp3) is 0.281. The van der Waals surface area contributed by atoms with Crippen LogP contribution in [0.5, 0.6) is 5.75 Å². The highest BCUT2D eigenvalue weighted by Gasteiger charge is 2.62. The van der Waals surface area contributed by atoms with E-state index in [9.17, 15) is 24.0 Å². The number of rotatable bonds is 7. The number of benzene rings is 3. The average molecular weight is 605 g/mol. The molecular formula is C32H26Cl2N2O6. The van der Waals surface area contributed by atoms with Gasteiger partial charge in [0.15, 0.2) is 5.78 Å². The molecule has 1 saturated heterocycles. The summed E-state index contributed by atoms with van der Waals surface area (Å²) in [4.78, 5) is 66.9. The molecule has 4 atom stereocenters. The van der Waals surface area contributed by atoms with E-state index in [4.69, 9.17) is 27.9 Å². The molecule has 42 heavy (non-hydrogen) atoms. The molecule has 1 heterocycles. The Morgan fingerprint density at radius 2 is 1.45 bits per heavy atom. The largest absolute Gasteiger partial charge is 0.423 e. The summed E-state index contributed by atoms with van der Waals surface area (Å²) >= 11 is 12.3. The Kier molecular flexibility index (Phi) is 7.37. The molecule has 0 spiro atoms. The zero-order chi connectivity index (χ0) is 29.7. The minimum Gasteiger partial charge on any atom is -0.423 e. The number of hydrazine groups is 1. The first-order valence-corrected chi connectivity index (χ1v) is 14.4. The Morgan fingerprint density at radius 3 is 2.05 bits per heavy atom. The fourth-order valence-electron chi connectivity index (χ4n) is 6.46. The minimum absolute atomic E-state index is 0.00728. The van der Waals surface area contributed by atoms with Crippen LogP contribution >= 0.6 is 23.2 Å².